The van der Waals surface area contributed by atoms with Crippen molar-refractivity contribution in [2.45, 2.75) is 6.92 Å². The van der Waals surface area contributed by atoms with Gasteiger partial charge in [-0.25, -0.2) is 9.07 Å². The van der Waals surface area contributed by atoms with E-state index in [0.29, 0.717) is 22.6 Å². The first-order chi connectivity index (χ1) is 13.1. The number of rotatable bonds is 4. The second-order valence-corrected chi connectivity index (χ2v) is 6.04. The summed E-state index contributed by atoms with van der Waals surface area (Å²) < 4.78 is 14.7. The number of hydrogen-bond donors (Lipinski definition) is 2. The van der Waals surface area contributed by atoms with Crippen molar-refractivity contribution < 1.29 is 9.18 Å². The first-order valence-electron chi connectivity index (χ1n) is 8.33. The second-order valence-electron chi connectivity index (χ2n) is 6.04. The number of carbonyl (C=O) groups excluding carboxylic acids is 1. The monoisotopic (exact) mass is 361 g/mol. The zero-order valence-corrected chi connectivity index (χ0v) is 14.5. The number of nitrogens with one attached hydrogen (secondary N) is 2. The van der Waals surface area contributed by atoms with E-state index in [1.165, 1.54) is 18.3 Å². The molecule has 2 N–H and O–H groups in total. The molecule has 2 aromatic carbocycles. The predicted molar refractivity (Wildman–Crippen MR) is 100 cm³/mol. The first kappa shape index (κ1) is 16.7. The Hall–Kier alpha value is -3.74. The number of amides is 1. The molecule has 0 atom stereocenters. The van der Waals surface area contributed by atoms with E-state index in [4.69, 9.17) is 0 Å². The molecule has 6 nitrogen and oxygen atoms in total. The molecule has 1 amide bonds. The molecule has 4 rings (SSSR count). The van der Waals surface area contributed by atoms with Crippen molar-refractivity contribution in [3.05, 3.63) is 84.1 Å². The average molecular weight is 361 g/mol. The molecule has 0 aliphatic heterocycles. The van der Waals surface area contributed by atoms with Gasteiger partial charge in [0, 0.05) is 17.4 Å². The van der Waals surface area contributed by atoms with Crippen molar-refractivity contribution in [3.63, 3.8) is 0 Å². The van der Waals surface area contributed by atoms with Crippen molar-refractivity contribution >= 4 is 11.6 Å². The lowest BCUT2D eigenvalue weighted by molar-refractivity contribution is 0.102. The zero-order valence-electron chi connectivity index (χ0n) is 14.5. The minimum atomic E-state index is -0.321. The van der Waals surface area contributed by atoms with E-state index in [1.807, 2.05) is 30.3 Å². The van der Waals surface area contributed by atoms with Gasteiger partial charge < -0.3 is 5.32 Å². The van der Waals surface area contributed by atoms with E-state index in [2.05, 4.69) is 20.6 Å². The highest BCUT2D eigenvalue weighted by Crippen LogP contribution is 2.21. The third kappa shape index (κ3) is 3.35. The van der Waals surface area contributed by atoms with Crippen LogP contribution in [0.1, 0.15) is 16.1 Å². The molecule has 4 aromatic rings. The van der Waals surface area contributed by atoms with Gasteiger partial charge in [-0.05, 0) is 49.4 Å². The van der Waals surface area contributed by atoms with Crippen molar-refractivity contribution in [2.75, 3.05) is 5.32 Å². The average Bonchev–Trinajstić information content (AvgIpc) is 3.33. The van der Waals surface area contributed by atoms with E-state index < -0.39 is 0 Å². The van der Waals surface area contributed by atoms with Crippen LogP contribution in [-0.4, -0.2) is 25.9 Å². The van der Waals surface area contributed by atoms with Gasteiger partial charge >= 0.3 is 0 Å². The Bertz CT molecular complexity index is 1080. The van der Waals surface area contributed by atoms with Crippen LogP contribution in [-0.2, 0) is 0 Å². The molecule has 2 aromatic heterocycles. The van der Waals surface area contributed by atoms with Crippen LogP contribution in [0.4, 0.5) is 10.1 Å². The standard InChI is InChI=1S/C20H16FN5O/c1-13-18(12-23-26(13)17-7-5-15(21)6-8-17)20(27)24-16-4-2-3-14(11-16)19-9-10-22-25-19/h2-12H,1H3,(H,22,25)(H,24,27). The fraction of sp³-hybridized carbons (Fsp3) is 0.0500. The van der Waals surface area contributed by atoms with Gasteiger partial charge in [-0.15, -0.1) is 0 Å². The maximum Gasteiger partial charge on any atom is 0.259 e. The highest BCUT2D eigenvalue weighted by atomic mass is 19.1. The molecule has 0 radical (unpaired) electrons. The summed E-state index contributed by atoms with van der Waals surface area (Å²) >= 11 is 0. The molecule has 0 spiro atoms. The molecule has 7 heteroatoms. The quantitative estimate of drug-likeness (QED) is 0.578. The lowest BCUT2D eigenvalue weighted by Crippen LogP contribution is -2.13. The summed E-state index contributed by atoms with van der Waals surface area (Å²) in [4.78, 5) is 12.7. The first-order valence-corrected chi connectivity index (χ1v) is 8.33. The fourth-order valence-electron chi connectivity index (χ4n) is 2.85. The summed E-state index contributed by atoms with van der Waals surface area (Å²) in [5.74, 6) is -0.582. The van der Waals surface area contributed by atoms with E-state index in [9.17, 15) is 9.18 Å². The SMILES string of the molecule is Cc1c(C(=O)Nc2cccc(-c3ccn[nH]3)c2)cnn1-c1ccc(F)cc1. The van der Waals surface area contributed by atoms with Crippen LogP contribution in [0.25, 0.3) is 16.9 Å². The predicted octanol–water partition coefficient (Wildman–Crippen LogP) is 3.96. The number of carbonyl (C=O) groups is 1. The Kier molecular flexibility index (Phi) is 4.25. The van der Waals surface area contributed by atoms with Gasteiger partial charge in [-0.1, -0.05) is 12.1 Å². The molecule has 0 saturated heterocycles. The molecule has 0 aliphatic rings. The number of aromatic nitrogens is 4. The molecular weight excluding hydrogens is 345 g/mol. The molecular formula is C20H16FN5O. The Morgan fingerprint density at radius 3 is 2.70 bits per heavy atom. The number of benzene rings is 2. The van der Waals surface area contributed by atoms with Gasteiger partial charge in [-0.2, -0.15) is 10.2 Å². The lowest BCUT2D eigenvalue weighted by atomic mass is 10.1. The fourth-order valence-corrected chi connectivity index (χ4v) is 2.85. The summed E-state index contributed by atoms with van der Waals surface area (Å²) in [6.45, 7) is 1.80. The van der Waals surface area contributed by atoms with Gasteiger partial charge in [0.2, 0.25) is 0 Å². The van der Waals surface area contributed by atoms with Crippen LogP contribution in [0.2, 0.25) is 0 Å². The smallest absolute Gasteiger partial charge is 0.259 e. The van der Waals surface area contributed by atoms with Crippen molar-refractivity contribution in [1.29, 1.82) is 0 Å². The van der Waals surface area contributed by atoms with E-state index in [0.717, 1.165) is 11.3 Å². The van der Waals surface area contributed by atoms with Crippen LogP contribution >= 0.6 is 0 Å². The van der Waals surface area contributed by atoms with Gasteiger partial charge in [0.1, 0.15) is 5.82 Å². The minimum Gasteiger partial charge on any atom is -0.322 e. The summed E-state index contributed by atoms with van der Waals surface area (Å²) in [6, 6.07) is 15.3. The molecule has 2 heterocycles. The normalized spacial score (nSPS) is 10.7. The van der Waals surface area contributed by atoms with E-state index in [-0.39, 0.29) is 11.7 Å². The van der Waals surface area contributed by atoms with Crippen LogP contribution in [0.3, 0.4) is 0 Å². The number of nitrogens with zero attached hydrogens (tertiary/aromatic N) is 3. The second kappa shape index (κ2) is 6.87. The molecule has 0 saturated carbocycles. The Labute approximate surface area is 154 Å². The van der Waals surface area contributed by atoms with E-state index in [1.54, 1.807) is 29.9 Å². The van der Waals surface area contributed by atoms with E-state index >= 15 is 0 Å². The molecule has 134 valence electrons. The summed E-state index contributed by atoms with van der Waals surface area (Å²) in [6.07, 6.45) is 3.18. The molecule has 0 unspecified atom stereocenters. The Morgan fingerprint density at radius 2 is 1.96 bits per heavy atom. The number of halogens is 1. The van der Waals surface area contributed by atoms with Crippen LogP contribution in [0.15, 0.2) is 67.0 Å². The lowest BCUT2D eigenvalue weighted by Gasteiger charge is -2.08. The number of aromatic amines is 1. The van der Waals surface area contributed by atoms with Crippen LogP contribution in [0.5, 0.6) is 0 Å². The highest BCUT2D eigenvalue weighted by molar-refractivity contribution is 6.05. The number of H-pyrrole nitrogens is 1. The van der Waals surface area contributed by atoms with Crippen molar-refractivity contribution in [3.8, 4) is 16.9 Å². The summed E-state index contributed by atoms with van der Waals surface area (Å²) in [5.41, 5.74) is 4.26. The van der Waals surface area contributed by atoms with Gasteiger partial charge in [0.15, 0.2) is 0 Å². The minimum absolute atomic E-state index is 0.261. The number of hydrogen-bond acceptors (Lipinski definition) is 3. The summed E-state index contributed by atoms with van der Waals surface area (Å²) in [7, 11) is 0. The number of anilines is 1. The zero-order chi connectivity index (χ0) is 18.8. The third-order valence-corrected chi connectivity index (χ3v) is 4.26. The van der Waals surface area contributed by atoms with Gasteiger partial charge in [0.25, 0.3) is 5.91 Å². The molecule has 0 fully saturated rings. The molecule has 27 heavy (non-hydrogen) atoms. The largest absolute Gasteiger partial charge is 0.322 e. The van der Waals surface area contributed by atoms with Crippen molar-refractivity contribution in [2.24, 2.45) is 0 Å². The maximum atomic E-state index is 13.1. The molecule has 0 aliphatic carbocycles. The van der Waals surface area contributed by atoms with Crippen molar-refractivity contribution in [1.82, 2.24) is 20.0 Å². The third-order valence-electron chi connectivity index (χ3n) is 4.26. The Morgan fingerprint density at radius 1 is 1.15 bits per heavy atom. The maximum absolute atomic E-state index is 13.1. The summed E-state index contributed by atoms with van der Waals surface area (Å²) in [5, 5.41) is 14.0. The van der Waals surface area contributed by atoms with Crippen LogP contribution in [0, 0.1) is 12.7 Å². The topological polar surface area (TPSA) is 75.6 Å². The Balaban J connectivity index is 1.57. The molecule has 0 bridgehead atoms. The van der Waals surface area contributed by atoms with Crippen LogP contribution < -0.4 is 5.32 Å². The highest BCUT2D eigenvalue weighted by Gasteiger charge is 2.15. The van der Waals surface area contributed by atoms with Gasteiger partial charge in [0.05, 0.1) is 28.8 Å². The van der Waals surface area contributed by atoms with Gasteiger partial charge in [-0.3, -0.25) is 9.89 Å².